The minimum atomic E-state index is -0.0270. The van der Waals surface area contributed by atoms with Gasteiger partial charge in [-0.3, -0.25) is 4.79 Å². The van der Waals surface area contributed by atoms with E-state index in [9.17, 15) is 4.79 Å². The standard InChI is InChI=1S/C20H23N3O2/c1-25-15-8-6-14(7-9-15)17(12-23-20(24)10-11-21)18-13-22-19-5-3-2-4-16(18)19/h2-9,13,17,22H,10-12,21H2,1H3,(H,23,24). The van der Waals surface area contributed by atoms with E-state index in [1.165, 1.54) is 0 Å². The third-order valence-electron chi connectivity index (χ3n) is 4.39. The summed E-state index contributed by atoms with van der Waals surface area (Å²) in [6.07, 6.45) is 2.36. The van der Waals surface area contributed by atoms with Crippen LogP contribution in [0.2, 0.25) is 0 Å². The van der Waals surface area contributed by atoms with Gasteiger partial charge in [-0.1, -0.05) is 30.3 Å². The Bertz CT molecular complexity index is 840. The molecule has 0 spiro atoms. The van der Waals surface area contributed by atoms with Crippen LogP contribution < -0.4 is 15.8 Å². The summed E-state index contributed by atoms with van der Waals surface area (Å²) < 4.78 is 5.25. The molecule has 1 atom stereocenters. The van der Waals surface area contributed by atoms with Crippen LogP contribution in [0.25, 0.3) is 10.9 Å². The number of carbonyl (C=O) groups excluding carboxylic acids is 1. The van der Waals surface area contributed by atoms with Crippen molar-refractivity contribution in [1.82, 2.24) is 10.3 Å². The highest BCUT2D eigenvalue weighted by molar-refractivity contribution is 5.84. The van der Waals surface area contributed by atoms with Crippen LogP contribution in [0.3, 0.4) is 0 Å². The van der Waals surface area contributed by atoms with Crippen molar-refractivity contribution >= 4 is 16.8 Å². The Kier molecular flexibility index (Phi) is 5.36. The molecule has 130 valence electrons. The fourth-order valence-electron chi connectivity index (χ4n) is 3.06. The SMILES string of the molecule is COc1ccc(C(CNC(=O)CCN)c2c[nH]c3ccccc23)cc1. The van der Waals surface area contributed by atoms with Gasteiger partial charge in [0.1, 0.15) is 5.75 Å². The molecule has 0 aliphatic carbocycles. The average molecular weight is 337 g/mol. The summed E-state index contributed by atoms with van der Waals surface area (Å²) in [4.78, 5) is 15.2. The summed E-state index contributed by atoms with van der Waals surface area (Å²) in [7, 11) is 1.65. The number of amides is 1. The molecule has 0 aliphatic heterocycles. The number of rotatable bonds is 7. The van der Waals surface area contributed by atoms with Gasteiger partial charge in [0.05, 0.1) is 7.11 Å². The van der Waals surface area contributed by atoms with Gasteiger partial charge in [-0.15, -0.1) is 0 Å². The summed E-state index contributed by atoms with van der Waals surface area (Å²) in [5.74, 6) is 0.832. The predicted molar refractivity (Wildman–Crippen MR) is 99.8 cm³/mol. The smallest absolute Gasteiger partial charge is 0.221 e. The fraction of sp³-hybridized carbons (Fsp3) is 0.250. The molecule has 25 heavy (non-hydrogen) atoms. The monoisotopic (exact) mass is 337 g/mol. The fourth-order valence-corrected chi connectivity index (χ4v) is 3.06. The number of hydrogen-bond acceptors (Lipinski definition) is 3. The summed E-state index contributed by atoms with van der Waals surface area (Å²) in [5.41, 5.74) is 8.84. The molecule has 0 saturated heterocycles. The lowest BCUT2D eigenvalue weighted by atomic mass is 9.90. The first-order valence-corrected chi connectivity index (χ1v) is 8.39. The van der Waals surface area contributed by atoms with E-state index in [4.69, 9.17) is 10.5 Å². The van der Waals surface area contributed by atoms with Gasteiger partial charge in [-0.25, -0.2) is 0 Å². The first kappa shape index (κ1) is 17.0. The lowest BCUT2D eigenvalue weighted by Gasteiger charge is -2.18. The molecule has 2 aromatic carbocycles. The number of ether oxygens (including phenoxy) is 1. The van der Waals surface area contributed by atoms with Crippen LogP contribution in [-0.4, -0.2) is 31.1 Å². The van der Waals surface area contributed by atoms with Crippen LogP contribution in [0.15, 0.2) is 54.7 Å². The first-order valence-electron chi connectivity index (χ1n) is 8.39. The van der Waals surface area contributed by atoms with E-state index in [2.05, 4.69) is 22.4 Å². The van der Waals surface area contributed by atoms with Crippen molar-refractivity contribution < 1.29 is 9.53 Å². The molecule has 0 bridgehead atoms. The largest absolute Gasteiger partial charge is 0.497 e. The lowest BCUT2D eigenvalue weighted by molar-refractivity contribution is -0.120. The molecule has 3 aromatic rings. The maximum Gasteiger partial charge on any atom is 0.221 e. The molecule has 1 aromatic heterocycles. The van der Waals surface area contributed by atoms with Gasteiger partial charge in [-0.05, 0) is 29.3 Å². The third-order valence-corrected chi connectivity index (χ3v) is 4.39. The molecule has 1 amide bonds. The molecule has 3 rings (SSSR count). The van der Waals surface area contributed by atoms with Gasteiger partial charge in [0.25, 0.3) is 0 Å². The van der Waals surface area contributed by atoms with Crippen molar-refractivity contribution in [3.8, 4) is 5.75 Å². The van der Waals surface area contributed by atoms with E-state index in [1.807, 2.05) is 42.6 Å². The van der Waals surface area contributed by atoms with E-state index in [1.54, 1.807) is 7.11 Å². The Labute approximate surface area is 147 Å². The summed E-state index contributed by atoms with van der Waals surface area (Å²) in [6, 6.07) is 16.2. The van der Waals surface area contributed by atoms with Gasteiger partial charge >= 0.3 is 0 Å². The topological polar surface area (TPSA) is 80.1 Å². The van der Waals surface area contributed by atoms with Crippen LogP contribution in [0, 0.1) is 0 Å². The minimum Gasteiger partial charge on any atom is -0.497 e. The second-order valence-electron chi connectivity index (χ2n) is 5.96. The number of nitrogens with one attached hydrogen (secondary N) is 2. The number of carbonyl (C=O) groups is 1. The molecular formula is C20H23N3O2. The second-order valence-corrected chi connectivity index (χ2v) is 5.96. The van der Waals surface area contributed by atoms with Gasteiger partial charge in [0, 0.05) is 42.5 Å². The van der Waals surface area contributed by atoms with Crippen molar-refractivity contribution in [2.24, 2.45) is 5.73 Å². The number of benzene rings is 2. The van der Waals surface area contributed by atoms with Gasteiger partial charge in [-0.2, -0.15) is 0 Å². The highest BCUT2D eigenvalue weighted by Gasteiger charge is 2.19. The Morgan fingerprint density at radius 1 is 1.20 bits per heavy atom. The molecule has 0 radical (unpaired) electrons. The van der Waals surface area contributed by atoms with Crippen LogP contribution in [-0.2, 0) is 4.79 Å². The van der Waals surface area contributed by atoms with Crippen molar-refractivity contribution in [1.29, 1.82) is 0 Å². The molecule has 1 heterocycles. The van der Waals surface area contributed by atoms with E-state index >= 15 is 0 Å². The van der Waals surface area contributed by atoms with Crippen LogP contribution in [0.1, 0.15) is 23.5 Å². The Balaban J connectivity index is 1.94. The zero-order chi connectivity index (χ0) is 17.6. The van der Waals surface area contributed by atoms with E-state index in [-0.39, 0.29) is 11.8 Å². The Morgan fingerprint density at radius 2 is 1.96 bits per heavy atom. The number of methoxy groups -OCH3 is 1. The minimum absolute atomic E-state index is 0.0270. The van der Waals surface area contributed by atoms with Crippen molar-refractivity contribution in [2.75, 3.05) is 20.2 Å². The summed E-state index contributed by atoms with van der Waals surface area (Å²) in [6.45, 7) is 0.874. The number of nitrogens with two attached hydrogens (primary N) is 1. The number of fused-ring (bicyclic) bond motifs is 1. The quantitative estimate of drug-likeness (QED) is 0.620. The van der Waals surface area contributed by atoms with Crippen molar-refractivity contribution in [3.63, 3.8) is 0 Å². The number of para-hydroxylation sites is 1. The number of aromatic nitrogens is 1. The Hall–Kier alpha value is -2.79. The van der Waals surface area contributed by atoms with Gasteiger partial charge in [0.2, 0.25) is 5.91 Å². The molecule has 5 heteroatoms. The molecule has 4 N–H and O–H groups in total. The van der Waals surface area contributed by atoms with E-state index < -0.39 is 0 Å². The van der Waals surface area contributed by atoms with Crippen molar-refractivity contribution in [2.45, 2.75) is 12.3 Å². The highest BCUT2D eigenvalue weighted by Crippen LogP contribution is 2.31. The average Bonchev–Trinajstić information content (AvgIpc) is 3.07. The van der Waals surface area contributed by atoms with Gasteiger partial charge in [0.15, 0.2) is 0 Å². The second kappa shape index (κ2) is 7.85. The molecule has 0 aliphatic rings. The number of aromatic amines is 1. The molecule has 1 unspecified atom stereocenters. The molecule has 0 saturated carbocycles. The van der Waals surface area contributed by atoms with E-state index in [0.29, 0.717) is 19.5 Å². The molecular weight excluding hydrogens is 314 g/mol. The van der Waals surface area contributed by atoms with Crippen LogP contribution in [0.5, 0.6) is 5.75 Å². The number of hydrogen-bond donors (Lipinski definition) is 3. The molecule has 0 fully saturated rings. The zero-order valence-electron chi connectivity index (χ0n) is 14.3. The predicted octanol–water partition coefficient (Wildman–Crippen LogP) is 2.77. The van der Waals surface area contributed by atoms with Crippen LogP contribution in [0.4, 0.5) is 0 Å². The molecule has 5 nitrogen and oxygen atoms in total. The zero-order valence-corrected chi connectivity index (χ0v) is 14.3. The summed E-state index contributed by atoms with van der Waals surface area (Å²) >= 11 is 0. The third kappa shape index (κ3) is 3.83. The van der Waals surface area contributed by atoms with Gasteiger partial charge < -0.3 is 20.8 Å². The first-order chi connectivity index (χ1) is 12.2. The van der Waals surface area contributed by atoms with Crippen LogP contribution >= 0.6 is 0 Å². The maximum atomic E-state index is 11.9. The lowest BCUT2D eigenvalue weighted by Crippen LogP contribution is -2.30. The maximum absolute atomic E-state index is 11.9. The highest BCUT2D eigenvalue weighted by atomic mass is 16.5. The number of H-pyrrole nitrogens is 1. The van der Waals surface area contributed by atoms with E-state index in [0.717, 1.165) is 27.8 Å². The normalized spacial score (nSPS) is 12.1. The summed E-state index contributed by atoms with van der Waals surface area (Å²) in [5, 5.41) is 4.16. The van der Waals surface area contributed by atoms with Crippen molar-refractivity contribution in [3.05, 3.63) is 65.9 Å². The Morgan fingerprint density at radius 3 is 2.68 bits per heavy atom.